The lowest BCUT2D eigenvalue weighted by molar-refractivity contribution is -0.384. The van der Waals surface area contributed by atoms with Gasteiger partial charge in [0.2, 0.25) is 23.6 Å². The molecule has 3 aromatic heterocycles. The number of imide groups is 4. The molecule has 31 heteroatoms. The van der Waals surface area contributed by atoms with E-state index in [0.29, 0.717) is 40.6 Å². The van der Waals surface area contributed by atoms with E-state index >= 15 is 0 Å². The number of nitrogen functional groups attached to an aromatic ring is 1. The van der Waals surface area contributed by atoms with Gasteiger partial charge < -0.3 is 35.1 Å². The summed E-state index contributed by atoms with van der Waals surface area (Å²) in [7, 11) is 0. The molecule has 2 atom stereocenters. The molecular formula is C83H97N21O10. The molecule has 14 heterocycles. The van der Waals surface area contributed by atoms with Crippen LogP contribution in [0.25, 0.3) is 22.2 Å². The summed E-state index contributed by atoms with van der Waals surface area (Å²) in [5, 5.41) is 24.6. The Morgan fingerprint density at radius 1 is 0.439 bits per heavy atom. The molecule has 7 aromatic rings. The number of benzene rings is 4. The average molecular weight is 1550 g/mol. The van der Waals surface area contributed by atoms with Crippen LogP contribution < -0.4 is 36.0 Å². The normalized spacial score (nSPS) is 22.2. The third kappa shape index (κ3) is 16.0. The van der Waals surface area contributed by atoms with Crippen molar-refractivity contribution in [2.45, 2.75) is 70.0 Å². The summed E-state index contributed by atoms with van der Waals surface area (Å²) in [5.41, 5.74) is 16.4. The Bertz CT molecular complexity index is 4930. The molecule has 11 aliphatic rings. The Kier molecular flexibility index (Phi) is 21.8. The number of nitrogens with two attached hydrogens (primary N) is 1. The first-order valence-corrected chi connectivity index (χ1v) is 40.5. The van der Waals surface area contributed by atoms with Crippen LogP contribution >= 0.6 is 0 Å². The molecular weight excluding hydrogens is 1450 g/mol. The summed E-state index contributed by atoms with van der Waals surface area (Å²) in [5.74, 6) is -0.550. The van der Waals surface area contributed by atoms with Gasteiger partial charge >= 0.3 is 0 Å². The molecule has 11 aliphatic heterocycles. The van der Waals surface area contributed by atoms with Crippen LogP contribution in [0.1, 0.15) is 109 Å². The lowest BCUT2D eigenvalue weighted by Gasteiger charge is -2.40. The number of non-ortho nitro benzene ring substituents is 1. The number of hydrogen-bond acceptors (Lipinski definition) is 25. The summed E-state index contributed by atoms with van der Waals surface area (Å²) >= 11 is 0. The highest BCUT2D eigenvalue weighted by Gasteiger charge is 2.47. The number of likely N-dealkylation sites (tertiary alicyclic amines) is 2. The molecule has 0 radical (unpaired) electrons. The van der Waals surface area contributed by atoms with E-state index in [0.717, 1.165) is 253 Å². The number of nitrogens with one attached hydrogen (secondary N) is 3. The number of piperidine rings is 4. The zero-order chi connectivity index (χ0) is 78.3. The first-order valence-electron chi connectivity index (χ1n) is 40.5. The minimum absolute atomic E-state index is 0.0785. The van der Waals surface area contributed by atoms with E-state index in [1.54, 1.807) is 42.5 Å². The number of aliphatic imine (C=N–C) groups is 1. The third-order valence-corrected chi connectivity index (χ3v) is 25.2. The topological polar surface area (TPSA) is 335 Å². The molecule has 31 nitrogen and oxygen atoms in total. The van der Waals surface area contributed by atoms with E-state index < -0.39 is 47.5 Å². The van der Waals surface area contributed by atoms with Gasteiger partial charge in [0.25, 0.3) is 29.3 Å². The van der Waals surface area contributed by atoms with Crippen molar-refractivity contribution in [2.75, 3.05) is 195 Å². The summed E-state index contributed by atoms with van der Waals surface area (Å²) in [6, 6.07) is 27.8. The highest BCUT2D eigenvalue weighted by molar-refractivity contribution is 6.25. The van der Waals surface area contributed by atoms with E-state index in [1.165, 1.54) is 25.7 Å². The van der Waals surface area contributed by atoms with Crippen molar-refractivity contribution in [1.29, 1.82) is 0 Å². The monoisotopic (exact) mass is 1550 g/mol. The van der Waals surface area contributed by atoms with Gasteiger partial charge in [-0.3, -0.25) is 98.6 Å². The summed E-state index contributed by atoms with van der Waals surface area (Å²) in [4.78, 5) is 153. The number of rotatable bonds is 19. The van der Waals surface area contributed by atoms with Crippen molar-refractivity contribution >= 4 is 98.3 Å². The fourth-order valence-corrected chi connectivity index (χ4v) is 18.4. The van der Waals surface area contributed by atoms with Crippen LogP contribution in [-0.2, 0) is 25.7 Å². The number of aromatic nitrogens is 4. The number of piperazine rings is 4. The van der Waals surface area contributed by atoms with Gasteiger partial charge in [0, 0.05) is 220 Å². The van der Waals surface area contributed by atoms with Gasteiger partial charge in [-0.2, -0.15) is 5.10 Å². The summed E-state index contributed by atoms with van der Waals surface area (Å²) in [6.07, 6.45) is 9.03. The number of pyridine rings is 2. The zero-order valence-electron chi connectivity index (χ0n) is 64.2. The second-order valence-corrected chi connectivity index (χ2v) is 32.1. The number of carbonyl (C=O) groups is 8. The molecule has 2 unspecified atom stereocenters. The number of H-pyrrole nitrogens is 1. The highest BCUT2D eigenvalue weighted by Crippen LogP contribution is 2.37. The Morgan fingerprint density at radius 2 is 0.886 bits per heavy atom. The minimum Gasteiger partial charge on any atom is -0.399 e. The number of fused-ring (bicyclic) bond motifs is 4. The van der Waals surface area contributed by atoms with Crippen LogP contribution in [0.2, 0.25) is 0 Å². The summed E-state index contributed by atoms with van der Waals surface area (Å²) < 4.78 is 0. The minimum atomic E-state index is -0.961. The van der Waals surface area contributed by atoms with Crippen LogP contribution in [0.3, 0.4) is 0 Å². The van der Waals surface area contributed by atoms with Gasteiger partial charge in [-0.1, -0.05) is 0 Å². The van der Waals surface area contributed by atoms with Gasteiger partial charge in [0.05, 0.1) is 45.0 Å². The Balaban J connectivity index is 0.000000165. The van der Waals surface area contributed by atoms with Gasteiger partial charge in [-0.05, 0) is 167 Å². The molecule has 5 N–H and O–H groups in total. The standard InChI is InChI=1S/C42H48N10O6.C41H49N11O4/c53-38-6-5-36(40(54)45-38)51-41(55)33-4-3-31(24-35(33)42(51)56)49-19-17-48(18-20-49)27-28-8-11-46(12-9-28)13-14-47-15-21-50(22-16-47)37-23-29(7-10-43-37)39-34-25-32(52(57)58)2-1-30(34)26-44-39;42-29-1-4-34-33(24-29)38(46-45-34)28-7-10-43-36(23-28)51-21-15-48(16-22-51)14-13-47-11-8-27(9-12-47)26-49-17-19-50(20-18-49)30-2-3-31-32(25-30)41(56)52(40(31)55)35-5-6-37(53)44-39(35)54/h1-4,7,10,23-25,28,36H,5-6,8-9,11-22,26-27H2,(H,45,53,54);1-4,7,10,23-25,27,35H,5-6,8-9,11-22,26,42H2,(H,45,46)(H,44,53,54). The van der Waals surface area contributed by atoms with Crippen LogP contribution in [0.15, 0.2) is 114 Å². The first kappa shape index (κ1) is 75.7. The second kappa shape index (κ2) is 32.9. The van der Waals surface area contributed by atoms with Crippen molar-refractivity contribution in [3.05, 3.63) is 159 Å². The van der Waals surface area contributed by atoms with E-state index in [1.807, 2.05) is 54.9 Å². The molecule has 0 spiro atoms. The van der Waals surface area contributed by atoms with Gasteiger partial charge in [0.15, 0.2) is 0 Å². The largest absolute Gasteiger partial charge is 0.399 e. The molecule has 0 aliphatic carbocycles. The van der Waals surface area contributed by atoms with Crippen molar-refractivity contribution in [1.82, 2.24) is 70.0 Å². The number of nitro benzene ring substituents is 1. The van der Waals surface area contributed by atoms with Gasteiger partial charge in [0.1, 0.15) is 29.4 Å². The quantitative estimate of drug-likeness (QED) is 0.0370. The molecule has 114 heavy (non-hydrogen) atoms. The molecule has 8 saturated heterocycles. The molecule has 8 fully saturated rings. The average Bonchev–Trinajstić information content (AvgIpc) is 1.62. The maximum Gasteiger partial charge on any atom is 0.270 e. The second-order valence-electron chi connectivity index (χ2n) is 32.1. The highest BCUT2D eigenvalue weighted by atomic mass is 16.6. The maximum atomic E-state index is 13.3. The Labute approximate surface area is 660 Å². The number of hydrogen-bond donors (Lipinski definition) is 4. The smallest absolute Gasteiger partial charge is 0.270 e. The number of carbonyl (C=O) groups excluding carboxylic acids is 8. The van der Waals surface area contributed by atoms with Crippen molar-refractivity contribution < 1.29 is 43.3 Å². The third-order valence-electron chi connectivity index (χ3n) is 25.2. The number of amides is 8. The Morgan fingerprint density at radius 3 is 1.37 bits per heavy atom. The van der Waals surface area contributed by atoms with E-state index in [2.05, 4.69) is 86.9 Å². The van der Waals surface area contributed by atoms with Crippen LogP contribution in [0, 0.1) is 22.0 Å². The number of nitrogens with zero attached hydrogens (tertiary/aromatic N) is 17. The first-order chi connectivity index (χ1) is 55.4. The molecule has 18 rings (SSSR count). The number of anilines is 5. The van der Waals surface area contributed by atoms with Gasteiger partial charge in [-0.25, -0.2) is 9.97 Å². The molecule has 0 saturated carbocycles. The Hall–Kier alpha value is -11.0. The zero-order valence-corrected chi connectivity index (χ0v) is 64.2. The van der Waals surface area contributed by atoms with Crippen molar-refractivity contribution in [3.8, 4) is 11.3 Å². The fourth-order valence-electron chi connectivity index (χ4n) is 18.4. The number of nitro groups is 1. The SMILES string of the molecule is Nc1ccc2[nH]nc(-c3ccnc(N4CCN(CCN5CCC(CN6CCN(c7ccc8c(c7)C(=O)N(C7CCC(=O)NC7=O)C8=O)CC6)CC5)CC4)c3)c2c1.O=C1CCC(N2C(=O)c3ccc(N4CCN(CC5CCN(CCN6CCN(c7cc(C8=NCc9ccc([N+](=O)[O-])cc98)ccn7)CC6)CC5)CC4)cc3C2=O)C(=O)N1. The predicted octanol–water partition coefficient (Wildman–Crippen LogP) is 4.66. The van der Waals surface area contributed by atoms with Crippen LogP contribution in [0.5, 0.6) is 0 Å². The fraction of sp³-hybridized carbons (Fsp3) is 0.470. The molecule has 0 bridgehead atoms. The summed E-state index contributed by atoms with van der Waals surface area (Å²) in [6.45, 7) is 26.4. The van der Waals surface area contributed by atoms with Crippen LogP contribution in [0.4, 0.5) is 34.4 Å². The lowest BCUT2D eigenvalue weighted by Crippen LogP contribution is -2.54. The van der Waals surface area contributed by atoms with Crippen LogP contribution in [-0.4, -0.2) is 300 Å². The molecule has 8 amide bonds. The van der Waals surface area contributed by atoms with E-state index in [9.17, 15) is 48.5 Å². The molecule has 594 valence electrons. The maximum absolute atomic E-state index is 13.3. The lowest BCUT2D eigenvalue weighted by atomic mass is 9.96. The van der Waals surface area contributed by atoms with Gasteiger partial charge in [-0.15, -0.1) is 0 Å². The van der Waals surface area contributed by atoms with Crippen molar-refractivity contribution in [3.63, 3.8) is 0 Å². The van der Waals surface area contributed by atoms with Crippen molar-refractivity contribution in [2.24, 2.45) is 16.8 Å². The molecule has 4 aromatic carbocycles. The predicted molar refractivity (Wildman–Crippen MR) is 430 cm³/mol. The van der Waals surface area contributed by atoms with E-state index in [4.69, 9.17) is 15.7 Å². The van der Waals surface area contributed by atoms with E-state index in [-0.39, 0.29) is 48.1 Å². The number of aromatic amines is 1.